The van der Waals surface area contributed by atoms with Gasteiger partial charge in [0.2, 0.25) is 0 Å². The van der Waals surface area contributed by atoms with Crippen LogP contribution in [0.3, 0.4) is 0 Å². The maximum absolute atomic E-state index is 12.7. The highest BCUT2D eigenvalue weighted by molar-refractivity contribution is 5.94. The Labute approximate surface area is 170 Å². The summed E-state index contributed by atoms with van der Waals surface area (Å²) in [5.41, 5.74) is -0.191. The van der Waals surface area contributed by atoms with E-state index in [1.807, 2.05) is 30.3 Å². The number of aromatic nitrogens is 1. The summed E-state index contributed by atoms with van der Waals surface area (Å²) in [4.78, 5) is 27.1. The lowest BCUT2D eigenvalue weighted by Crippen LogP contribution is -2.48. The Hall–Kier alpha value is -3.09. The molecule has 0 unspecified atom stereocenters. The summed E-state index contributed by atoms with van der Waals surface area (Å²) in [5.74, 6) is 0.401. The van der Waals surface area contributed by atoms with Gasteiger partial charge in [-0.15, -0.1) is 0 Å². The van der Waals surface area contributed by atoms with Crippen LogP contribution in [0.25, 0.3) is 0 Å². The van der Waals surface area contributed by atoms with E-state index in [-0.39, 0.29) is 11.9 Å². The molecule has 0 aliphatic carbocycles. The second-order valence-corrected chi connectivity index (χ2v) is 7.15. The van der Waals surface area contributed by atoms with Gasteiger partial charge in [-0.25, -0.2) is 0 Å². The highest BCUT2D eigenvalue weighted by Gasteiger charge is 2.43. The summed E-state index contributed by atoms with van der Waals surface area (Å²) in [7, 11) is 0. The Morgan fingerprint density at radius 3 is 2.38 bits per heavy atom. The average Bonchev–Trinajstić information content (AvgIpc) is 2.75. The van der Waals surface area contributed by atoms with Crippen molar-refractivity contribution >= 4 is 11.9 Å². The number of likely N-dealkylation sites (tertiary alicyclic amines) is 1. The quantitative estimate of drug-likeness (QED) is 0.407. The van der Waals surface area contributed by atoms with Gasteiger partial charge in [0.25, 0.3) is 5.91 Å². The lowest BCUT2D eigenvalue weighted by molar-refractivity contribution is -0.605. The largest absolute Gasteiger partial charge is 0.619 e. The van der Waals surface area contributed by atoms with Crippen LogP contribution in [0.1, 0.15) is 36.5 Å². The number of carbonyl (C=O) groups is 2. The van der Waals surface area contributed by atoms with E-state index in [9.17, 15) is 14.8 Å². The highest BCUT2D eigenvalue weighted by atomic mass is 16.5. The summed E-state index contributed by atoms with van der Waals surface area (Å²) in [5, 5.41) is 11.2. The van der Waals surface area contributed by atoms with Crippen LogP contribution >= 0.6 is 0 Å². The third-order valence-corrected chi connectivity index (χ3v) is 5.36. The van der Waals surface area contributed by atoms with E-state index in [4.69, 9.17) is 9.47 Å². The van der Waals surface area contributed by atoms with Crippen molar-refractivity contribution in [2.45, 2.75) is 26.2 Å². The number of carbonyl (C=O) groups excluding carboxylic acids is 2. The number of benzene rings is 1. The van der Waals surface area contributed by atoms with E-state index in [1.165, 1.54) is 24.5 Å². The zero-order valence-electron chi connectivity index (χ0n) is 16.6. The van der Waals surface area contributed by atoms with E-state index in [0.29, 0.717) is 55.9 Å². The van der Waals surface area contributed by atoms with Crippen molar-refractivity contribution < 1.29 is 23.8 Å². The Bertz CT molecular complexity index is 815. The minimum Gasteiger partial charge on any atom is -0.619 e. The molecule has 0 saturated carbocycles. The first-order valence-corrected chi connectivity index (χ1v) is 9.87. The van der Waals surface area contributed by atoms with Gasteiger partial charge >= 0.3 is 5.97 Å². The molecule has 0 N–H and O–H groups in total. The van der Waals surface area contributed by atoms with Crippen LogP contribution in [0.2, 0.25) is 0 Å². The number of piperidine rings is 1. The second kappa shape index (κ2) is 9.41. The molecule has 3 rings (SSSR count). The second-order valence-electron chi connectivity index (χ2n) is 7.15. The van der Waals surface area contributed by atoms with Gasteiger partial charge in [-0.3, -0.25) is 9.59 Å². The van der Waals surface area contributed by atoms with E-state index in [2.05, 4.69) is 0 Å². The number of rotatable bonds is 7. The molecule has 1 amide bonds. The number of ether oxygens (including phenoxy) is 2. The summed E-state index contributed by atoms with van der Waals surface area (Å²) < 4.78 is 11.8. The Balaban J connectivity index is 1.63. The first-order valence-electron chi connectivity index (χ1n) is 9.87. The standard InChI is InChI=1S/C22H26N2O5/c1-2-28-21(26)22(12-17-29-19-6-4-3-5-7-19)10-15-23(16-11-22)20(25)18-8-13-24(27)14-9-18/h3-9,13-14H,2,10-12,15-17H2,1H3. The van der Waals surface area contributed by atoms with Crippen molar-refractivity contribution in [2.24, 2.45) is 5.41 Å². The van der Waals surface area contributed by atoms with Gasteiger partial charge in [0.1, 0.15) is 5.75 Å². The minimum absolute atomic E-state index is 0.136. The number of esters is 1. The topological polar surface area (TPSA) is 82.8 Å². The molecule has 1 fully saturated rings. The number of hydrogen-bond donors (Lipinski definition) is 0. The van der Waals surface area contributed by atoms with Gasteiger partial charge < -0.3 is 19.6 Å². The number of amides is 1. The van der Waals surface area contributed by atoms with Crippen molar-refractivity contribution in [3.8, 4) is 5.75 Å². The lowest BCUT2D eigenvalue weighted by atomic mass is 9.75. The molecular formula is C22H26N2O5. The van der Waals surface area contributed by atoms with Crippen molar-refractivity contribution in [3.05, 3.63) is 65.6 Å². The van der Waals surface area contributed by atoms with Crippen molar-refractivity contribution in [1.82, 2.24) is 4.90 Å². The first-order chi connectivity index (χ1) is 14.0. The normalized spacial score (nSPS) is 15.6. The number of para-hydroxylation sites is 1. The zero-order valence-corrected chi connectivity index (χ0v) is 16.6. The lowest BCUT2D eigenvalue weighted by Gasteiger charge is -2.39. The number of hydrogen-bond acceptors (Lipinski definition) is 5. The van der Waals surface area contributed by atoms with Gasteiger partial charge in [-0.1, -0.05) is 18.2 Å². The van der Waals surface area contributed by atoms with Gasteiger partial charge in [-0.2, -0.15) is 4.73 Å². The molecule has 1 aromatic heterocycles. The molecule has 0 atom stereocenters. The monoisotopic (exact) mass is 398 g/mol. The summed E-state index contributed by atoms with van der Waals surface area (Å²) in [6, 6.07) is 12.5. The van der Waals surface area contributed by atoms with E-state index >= 15 is 0 Å². The molecule has 1 aliphatic heterocycles. The van der Waals surface area contributed by atoms with Crippen molar-refractivity contribution in [1.29, 1.82) is 0 Å². The van der Waals surface area contributed by atoms with Crippen molar-refractivity contribution in [3.63, 3.8) is 0 Å². The first kappa shape index (κ1) is 20.6. The minimum atomic E-state index is -0.656. The number of nitrogens with zero attached hydrogens (tertiary/aromatic N) is 2. The van der Waals surface area contributed by atoms with Crippen LogP contribution in [0, 0.1) is 10.6 Å². The summed E-state index contributed by atoms with van der Waals surface area (Å²) in [6.45, 7) is 3.42. The predicted molar refractivity (Wildman–Crippen MR) is 106 cm³/mol. The van der Waals surface area contributed by atoms with Crippen LogP contribution < -0.4 is 9.47 Å². The molecule has 0 spiro atoms. The molecule has 2 heterocycles. The zero-order chi connectivity index (χ0) is 20.7. The maximum atomic E-state index is 12.7. The summed E-state index contributed by atoms with van der Waals surface area (Å²) in [6.07, 6.45) is 4.18. The molecule has 1 saturated heterocycles. The SMILES string of the molecule is CCOC(=O)C1(CCOc2ccccc2)CCN(C(=O)c2cc[n+]([O-])cc2)CC1. The molecule has 154 valence electrons. The molecular weight excluding hydrogens is 372 g/mol. The van der Waals surface area contributed by atoms with Gasteiger partial charge in [0, 0.05) is 25.2 Å². The van der Waals surface area contributed by atoms with Gasteiger partial charge in [0.05, 0.1) is 24.2 Å². The fourth-order valence-electron chi connectivity index (χ4n) is 3.60. The van der Waals surface area contributed by atoms with Crippen LogP contribution in [0.5, 0.6) is 5.75 Å². The Kier molecular flexibility index (Phi) is 6.69. The predicted octanol–water partition coefficient (Wildman–Crippen LogP) is 2.57. The smallest absolute Gasteiger partial charge is 0.312 e. The molecule has 1 aliphatic rings. The maximum Gasteiger partial charge on any atom is 0.312 e. The number of pyridine rings is 1. The van der Waals surface area contributed by atoms with Crippen LogP contribution in [-0.2, 0) is 9.53 Å². The van der Waals surface area contributed by atoms with Crippen LogP contribution in [0.4, 0.5) is 0 Å². The molecule has 29 heavy (non-hydrogen) atoms. The van der Waals surface area contributed by atoms with E-state index in [1.54, 1.807) is 11.8 Å². The highest BCUT2D eigenvalue weighted by Crippen LogP contribution is 2.37. The molecule has 7 heteroatoms. The fraction of sp³-hybridized carbons (Fsp3) is 0.409. The van der Waals surface area contributed by atoms with E-state index in [0.717, 1.165) is 5.75 Å². The Morgan fingerprint density at radius 1 is 1.10 bits per heavy atom. The third kappa shape index (κ3) is 5.04. The van der Waals surface area contributed by atoms with Crippen molar-refractivity contribution in [2.75, 3.05) is 26.3 Å². The molecule has 2 aromatic rings. The van der Waals surface area contributed by atoms with E-state index < -0.39 is 5.41 Å². The van der Waals surface area contributed by atoms with Crippen LogP contribution in [0.15, 0.2) is 54.9 Å². The molecule has 0 radical (unpaired) electrons. The van der Waals surface area contributed by atoms with Gasteiger partial charge in [-0.05, 0) is 38.3 Å². The summed E-state index contributed by atoms with van der Waals surface area (Å²) >= 11 is 0. The third-order valence-electron chi connectivity index (χ3n) is 5.36. The molecule has 0 bridgehead atoms. The van der Waals surface area contributed by atoms with Crippen LogP contribution in [-0.4, -0.2) is 43.1 Å². The average molecular weight is 398 g/mol. The molecule has 1 aromatic carbocycles. The van der Waals surface area contributed by atoms with Gasteiger partial charge in [0.15, 0.2) is 12.4 Å². The molecule has 7 nitrogen and oxygen atoms in total. The Morgan fingerprint density at radius 2 is 1.76 bits per heavy atom. The fourth-order valence-corrected chi connectivity index (χ4v) is 3.60.